The highest BCUT2D eigenvalue weighted by molar-refractivity contribution is 9.10. The quantitative estimate of drug-likeness (QED) is 0.732. The number of nitrogens with one attached hydrogen (secondary N) is 1. The molecule has 0 radical (unpaired) electrons. The smallest absolute Gasteiger partial charge is 0.162 e. The average Bonchev–Trinajstić information content (AvgIpc) is 2.46. The van der Waals surface area contributed by atoms with Gasteiger partial charge in [-0.25, -0.2) is 9.97 Å². The summed E-state index contributed by atoms with van der Waals surface area (Å²) in [5.41, 5.74) is 4.44. The van der Waals surface area contributed by atoms with E-state index in [9.17, 15) is 0 Å². The van der Waals surface area contributed by atoms with Crippen molar-refractivity contribution in [2.75, 3.05) is 12.4 Å². The zero-order chi connectivity index (χ0) is 15.0. The molecule has 0 aliphatic rings. The standard InChI is InChI=1S/C17H16BrN3/c1-10-4-6-13(11(2)8-10)17-20-15-7-5-12(18)9-14(15)16(19-3)21-17/h4-9H,1-3H3,(H,19,20,21). The second kappa shape index (κ2) is 5.45. The van der Waals surface area contributed by atoms with Crippen LogP contribution in [0.15, 0.2) is 40.9 Å². The lowest BCUT2D eigenvalue weighted by molar-refractivity contribution is 1.20. The van der Waals surface area contributed by atoms with Gasteiger partial charge in [0.05, 0.1) is 5.52 Å². The number of rotatable bonds is 2. The molecule has 0 saturated carbocycles. The van der Waals surface area contributed by atoms with Gasteiger partial charge in [0.2, 0.25) is 0 Å². The highest BCUT2D eigenvalue weighted by Gasteiger charge is 2.10. The Kier molecular flexibility index (Phi) is 3.64. The Labute approximate surface area is 132 Å². The Bertz CT molecular complexity index is 828. The topological polar surface area (TPSA) is 37.8 Å². The molecule has 106 valence electrons. The van der Waals surface area contributed by atoms with Crippen molar-refractivity contribution in [1.29, 1.82) is 0 Å². The van der Waals surface area contributed by atoms with Crippen LogP contribution in [0.25, 0.3) is 22.3 Å². The van der Waals surface area contributed by atoms with Crippen molar-refractivity contribution >= 4 is 32.7 Å². The van der Waals surface area contributed by atoms with Gasteiger partial charge in [-0.1, -0.05) is 39.7 Å². The minimum Gasteiger partial charge on any atom is -0.373 e. The first kappa shape index (κ1) is 14.0. The van der Waals surface area contributed by atoms with E-state index in [0.29, 0.717) is 0 Å². The Morgan fingerprint density at radius 1 is 1.00 bits per heavy atom. The maximum Gasteiger partial charge on any atom is 0.162 e. The first-order valence-electron chi connectivity index (χ1n) is 6.81. The van der Waals surface area contributed by atoms with E-state index < -0.39 is 0 Å². The zero-order valence-corrected chi connectivity index (χ0v) is 13.8. The minimum absolute atomic E-state index is 0.756. The number of fused-ring (bicyclic) bond motifs is 1. The molecule has 3 nitrogen and oxygen atoms in total. The third-order valence-corrected chi connectivity index (χ3v) is 4.01. The summed E-state index contributed by atoms with van der Waals surface area (Å²) >= 11 is 3.50. The third kappa shape index (κ3) is 2.63. The van der Waals surface area contributed by atoms with Crippen molar-refractivity contribution in [1.82, 2.24) is 9.97 Å². The van der Waals surface area contributed by atoms with Gasteiger partial charge in [0, 0.05) is 22.5 Å². The Morgan fingerprint density at radius 3 is 2.52 bits per heavy atom. The molecular formula is C17H16BrN3. The molecule has 3 rings (SSSR count). The molecule has 1 heterocycles. The molecule has 0 amide bonds. The lowest BCUT2D eigenvalue weighted by atomic mass is 10.0. The number of hydrogen-bond acceptors (Lipinski definition) is 3. The van der Waals surface area contributed by atoms with Gasteiger partial charge in [0.25, 0.3) is 0 Å². The number of aromatic nitrogens is 2. The first-order valence-corrected chi connectivity index (χ1v) is 7.60. The van der Waals surface area contributed by atoms with Crippen molar-refractivity contribution in [3.05, 3.63) is 52.0 Å². The summed E-state index contributed by atoms with van der Waals surface area (Å²) in [5.74, 6) is 1.60. The molecule has 0 saturated heterocycles. The average molecular weight is 342 g/mol. The van der Waals surface area contributed by atoms with E-state index in [1.54, 1.807) is 0 Å². The van der Waals surface area contributed by atoms with Crippen LogP contribution in [0, 0.1) is 13.8 Å². The molecule has 1 aromatic heterocycles. The van der Waals surface area contributed by atoms with Gasteiger partial charge in [-0.05, 0) is 37.6 Å². The maximum absolute atomic E-state index is 4.71. The summed E-state index contributed by atoms with van der Waals surface area (Å²) in [7, 11) is 1.88. The van der Waals surface area contributed by atoms with Crippen LogP contribution in [0.2, 0.25) is 0 Å². The SMILES string of the molecule is CNc1nc(-c2ccc(C)cc2C)nc2ccc(Br)cc12. The fraction of sp³-hybridized carbons (Fsp3) is 0.176. The van der Waals surface area contributed by atoms with Crippen molar-refractivity contribution < 1.29 is 0 Å². The van der Waals surface area contributed by atoms with E-state index in [0.717, 1.165) is 32.6 Å². The normalized spacial score (nSPS) is 10.9. The Balaban J connectivity index is 2.26. The summed E-state index contributed by atoms with van der Waals surface area (Å²) in [4.78, 5) is 9.39. The van der Waals surface area contributed by atoms with E-state index in [2.05, 4.69) is 58.3 Å². The van der Waals surface area contributed by atoms with Crippen LogP contribution in [0.1, 0.15) is 11.1 Å². The Hall–Kier alpha value is -1.94. The van der Waals surface area contributed by atoms with Gasteiger partial charge in [-0.2, -0.15) is 0 Å². The maximum atomic E-state index is 4.71. The molecular weight excluding hydrogens is 326 g/mol. The van der Waals surface area contributed by atoms with Crippen LogP contribution in [0.3, 0.4) is 0 Å². The second-order valence-corrected chi connectivity index (χ2v) is 6.04. The fourth-order valence-corrected chi connectivity index (χ4v) is 2.84. The monoisotopic (exact) mass is 341 g/mol. The van der Waals surface area contributed by atoms with Crippen LogP contribution >= 0.6 is 15.9 Å². The number of anilines is 1. The molecule has 1 N–H and O–H groups in total. The molecule has 3 aromatic rings. The largest absolute Gasteiger partial charge is 0.373 e. The summed E-state index contributed by atoms with van der Waals surface area (Å²) in [6, 6.07) is 12.4. The summed E-state index contributed by atoms with van der Waals surface area (Å²) in [5, 5.41) is 4.18. The van der Waals surface area contributed by atoms with Crippen molar-refractivity contribution in [2.24, 2.45) is 0 Å². The van der Waals surface area contributed by atoms with Crippen molar-refractivity contribution in [3.8, 4) is 11.4 Å². The van der Waals surface area contributed by atoms with Gasteiger partial charge >= 0.3 is 0 Å². The van der Waals surface area contributed by atoms with E-state index in [-0.39, 0.29) is 0 Å². The molecule has 0 spiro atoms. The predicted molar refractivity (Wildman–Crippen MR) is 91.7 cm³/mol. The predicted octanol–water partition coefficient (Wildman–Crippen LogP) is 4.72. The lowest BCUT2D eigenvalue weighted by Crippen LogP contribution is -1.99. The summed E-state index contributed by atoms with van der Waals surface area (Å²) in [6.07, 6.45) is 0. The van der Waals surface area contributed by atoms with Gasteiger partial charge in [0.15, 0.2) is 5.82 Å². The number of hydrogen-bond donors (Lipinski definition) is 1. The molecule has 0 fully saturated rings. The third-order valence-electron chi connectivity index (χ3n) is 3.52. The highest BCUT2D eigenvalue weighted by Crippen LogP contribution is 2.28. The Morgan fingerprint density at radius 2 is 1.81 bits per heavy atom. The second-order valence-electron chi connectivity index (χ2n) is 5.13. The highest BCUT2D eigenvalue weighted by atomic mass is 79.9. The number of aryl methyl sites for hydroxylation is 2. The summed E-state index contributed by atoms with van der Waals surface area (Å²) in [6.45, 7) is 4.19. The van der Waals surface area contributed by atoms with E-state index in [1.807, 2.05) is 25.2 Å². The number of benzene rings is 2. The van der Waals surface area contributed by atoms with Gasteiger partial charge in [-0.3, -0.25) is 0 Å². The van der Waals surface area contributed by atoms with E-state index in [4.69, 9.17) is 4.98 Å². The minimum atomic E-state index is 0.756. The molecule has 2 aromatic carbocycles. The molecule has 0 bridgehead atoms. The van der Waals surface area contributed by atoms with Crippen molar-refractivity contribution in [2.45, 2.75) is 13.8 Å². The molecule has 0 unspecified atom stereocenters. The number of halogens is 1. The van der Waals surface area contributed by atoms with E-state index in [1.165, 1.54) is 11.1 Å². The van der Waals surface area contributed by atoms with Crippen LogP contribution < -0.4 is 5.32 Å². The van der Waals surface area contributed by atoms with Crippen LogP contribution in [0.4, 0.5) is 5.82 Å². The van der Waals surface area contributed by atoms with Gasteiger partial charge in [-0.15, -0.1) is 0 Å². The van der Waals surface area contributed by atoms with Crippen molar-refractivity contribution in [3.63, 3.8) is 0 Å². The summed E-state index contributed by atoms with van der Waals surface area (Å²) < 4.78 is 1.02. The van der Waals surface area contributed by atoms with Crippen LogP contribution in [0.5, 0.6) is 0 Å². The molecule has 0 atom stereocenters. The molecule has 4 heteroatoms. The molecule has 0 aliphatic carbocycles. The lowest BCUT2D eigenvalue weighted by Gasteiger charge is -2.10. The van der Waals surface area contributed by atoms with Gasteiger partial charge in [0.1, 0.15) is 5.82 Å². The number of nitrogens with zero attached hydrogens (tertiary/aromatic N) is 2. The molecule has 0 aliphatic heterocycles. The zero-order valence-electron chi connectivity index (χ0n) is 12.2. The van der Waals surface area contributed by atoms with Crippen LogP contribution in [-0.4, -0.2) is 17.0 Å². The van der Waals surface area contributed by atoms with Crippen LogP contribution in [-0.2, 0) is 0 Å². The van der Waals surface area contributed by atoms with E-state index >= 15 is 0 Å². The molecule has 21 heavy (non-hydrogen) atoms. The van der Waals surface area contributed by atoms with Gasteiger partial charge < -0.3 is 5.32 Å². The first-order chi connectivity index (χ1) is 10.1. The fourth-order valence-electron chi connectivity index (χ4n) is 2.48.